The van der Waals surface area contributed by atoms with Crippen molar-refractivity contribution in [2.75, 3.05) is 4.90 Å². The van der Waals surface area contributed by atoms with Gasteiger partial charge in [0, 0.05) is 16.6 Å². The summed E-state index contributed by atoms with van der Waals surface area (Å²) < 4.78 is 0. The highest BCUT2D eigenvalue weighted by molar-refractivity contribution is 6.04. The zero-order valence-electron chi connectivity index (χ0n) is 39.2. The van der Waals surface area contributed by atoms with Crippen molar-refractivity contribution in [3.8, 4) is 55.6 Å². The number of nitrogens with zero attached hydrogens (tertiary/aromatic N) is 1. The largest absolute Gasteiger partial charge is 0.309 e. The van der Waals surface area contributed by atoms with Gasteiger partial charge in [0.1, 0.15) is 0 Å². The third-order valence-corrected chi connectivity index (χ3v) is 15.9. The molecule has 0 amide bonds. The van der Waals surface area contributed by atoms with Crippen molar-refractivity contribution in [2.24, 2.45) is 0 Å². The van der Waals surface area contributed by atoms with Gasteiger partial charge in [-0.2, -0.15) is 0 Å². The van der Waals surface area contributed by atoms with Crippen molar-refractivity contribution < 1.29 is 0 Å². The molecule has 1 spiro atoms. The van der Waals surface area contributed by atoms with Gasteiger partial charge in [0.05, 0.1) is 16.8 Å². The third kappa shape index (κ3) is 5.94. The maximum absolute atomic E-state index is 2.61. The van der Waals surface area contributed by atoms with E-state index in [-0.39, 0.29) is 10.8 Å². The zero-order valence-corrected chi connectivity index (χ0v) is 39.2. The fourth-order valence-electron chi connectivity index (χ4n) is 12.6. The van der Waals surface area contributed by atoms with Crippen LogP contribution in [-0.2, 0) is 16.2 Å². The minimum atomic E-state index is -0.496. The fraction of sp³-hybridized carbons (Fsp3) is 0.134. The molecule has 13 rings (SSSR count). The molecular weight excluding hydrogens is 819 g/mol. The normalized spacial score (nSPS) is 15.3. The van der Waals surface area contributed by atoms with E-state index in [1.165, 1.54) is 105 Å². The Morgan fingerprint density at radius 3 is 1.44 bits per heavy atom. The van der Waals surface area contributed by atoms with Gasteiger partial charge in [-0.3, -0.25) is 0 Å². The molecular formula is C67H53N. The summed E-state index contributed by atoms with van der Waals surface area (Å²) in [5.41, 5.74) is 24.0. The topological polar surface area (TPSA) is 3.24 Å². The first-order chi connectivity index (χ1) is 33.2. The summed E-state index contributed by atoms with van der Waals surface area (Å²) in [5.74, 6) is 0. The Labute approximate surface area is 401 Å². The second-order valence-corrected chi connectivity index (χ2v) is 20.6. The van der Waals surface area contributed by atoms with Crippen LogP contribution in [0.5, 0.6) is 0 Å². The van der Waals surface area contributed by atoms with Crippen LogP contribution in [0.3, 0.4) is 0 Å². The fourth-order valence-corrected chi connectivity index (χ4v) is 12.6. The van der Waals surface area contributed by atoms with Gasteiger partial charge in [-0.25, -0.2) is 0 Å². The highest BCUT2D eigenvalue weighted by Crippen LogP contribution is 2.65. The molecule has 0 fully saturated rings. The van der Waals surface area contributed by atoms with Crippen LogP contribution in [0, 0.1) is 0 Å². The van der Waals surface area contributed by atoms with Gasteiger partial charge in [0.25, 0.3) is 0 Å². The van der Waals surface area contributed by atoms with Crippen LogP contribution in [0.4, 0.5) is 17.1 Å². The molecule has 0 aromatic heterocycles. The predicted molar refractivity (Wildman–Crippen MR) is 287 cm³/mol. The Morgan fingerprint density at radius 2 is 0.794 bits per heavy atom. The van der Waals surface area contributed by atoms with Gasteiger partial charge in [-0.05, 0) is 143 Å². The number of benzene rings is 10. The molecule has 0 unspecified atom stereocenters. The summed E-state index contributed by atoms with van der Waals surface area (Å²) in [6.07, 6.45) is 2.29. The molecule has 326 valence electrons. The molecule has 1 nitrogen and oxygen atoms in total. The Hall–Kier alpha value is -7.74. The van der Waals surface area contributed by atoms with Crippen LogP contribution in [0.25, 0.3) is 66.4 Å². The first kappa shape index (κ1) is 40.5. The van der Waals surface area contributed by atoms with E-state index in [0.717, 1.165) is 24.2 Å². The summed E-state index contributed by atoms with van der Waals surface area (Å²) in [7, 11) is 0. The number of fused-ring (bicyclic) bond motifs is 12. The molecule has 68 heavy (non-hydrogen) atoms. The van der Waals surface area contributed by atoms with E-state index in [1.807, 2.05) is 0 Å². The number of anilines is 3. The smallest absolute Gasteiger partial charge is 0.0726 e. The van der Waals surface area contributed by atoms with Crippen LogP contribution in [0.2, 0.25) is 0 Å². The lowest BCUT2D eigenvalue weighted by Gasteiger charge is -2.43. The summed E-state index contributed by atoms with van der Waals surface area (Å²) >= 11 is 0. The lowest BCUT2D eigenvalue weighted by Crippen LogP contribution is -2.34. The predicted octanol–water partition coefficient (Wildman–Crippen LogP) is 18.0. The Kier molecular flexibility index (Phi) is 9.02. The van der Waals surface area contributed by atoms with Crippen LogP contribution in [-0.4, -0.2) is 0 Å². The highest BCUT2D eigenvalue weighted by Gasteiger charge is 2.52. The van der Waals surface area contributed by atoms with E-state index in [2.05, 4.69) is 257 Å². The monoisotopic (exact) mass is 871 g/mol. The highest BCUT2D eigenvalue weighted by atomic mass is 15.1. The molecule has 0 saturated carbocycles. The molecule has 0 atom stereocenters. The van der Waals surface area contributed by atoms with Crippen molar-refractivity contribution in [3.05, 3.63) is 258 Å². The maximum atomic E-state index is 2.61. The molecule has 10 aromatic rings. The Bertz CT molecular complexity index is 3560. The summed E-state index contributed by atoms with van der Waals surface area (Å²) in [5, 5.41) is 2.43. The Balaban J connectivity index is 1.12. The molecule has 0 saturated heterocycles. The van der Waals surface area contributed by atoms with E-state index >= 15 is 0 Å². The van der Waals surface area contributed by atoms with Crippen LogP contribution in [0.1, 0.15) is 73.9 Å². The molecule has 0 heterocycles. The van der Waals surface area contributed by atoms with Gasteiger partial charge >= 0.3 is 0 Å². The second kappa shape index (κ2) is 15.1. The van der Waals surface area contributed by atoms with Gasteiger partial charge in [-0.15, -0.1) is 0 Å². The minimum absolute atomic E-state index is 0.0256. The molecule has 10 aromatic carbocycles. The van der Waals surface area contributed by atoms with E-state index in [0.29, 0.717) is 0 Å². The third-order valence-electron chi connectivity index (χ3n) is 15.9. The van der Waals surface area contributed by atoms with Crippen molar-refractivity contribution >= 4 is 27.8 Å². The summed E-state index contributed by atoms with van der Waals surface area (Å²) in [6, 6.07) is 84.6. The van der Waals surface area contributed by atoms with Crippen LogP contribution in [0.15, 0.2) is 224 Å². The van der Waals surface area contributed by atoms with Gasteiger partial charge in [0.2, 0.25) is 0 Å². The number of rotatable bonds is 6. The lowest BCUT2D eigenvalue weighted by atomic mass is 9.61. The minimum Gasteiger partial charge on any atom is -0.309 e. The van der Waals surface area contributed by atoms with Crippen molar-refractivity contribution in [1.82, 2.24) is 0 Å². The van der Waals surface area contributed by atoms with Crippen molar-refractivity contribution in [1.29, 1.82) is 0 Å². The molecule has 0 radical (unpaired) electrons. The molecule has 3 aliphatic rings. The number of hydrogen-bond donors (Lipinski definition) is 0. The quantitative estimate of drug-likeness (QED) is 0.161. The average Bonchev–Trinajstić information content (AvgIpc) is 3.85. The molecule has 0 N–H and O–H groups in total. The molecule has 1 heteroatoms. The van der Waals surface area contributed by atoms with Crippen LogP contribution < -0.4 is 4.90 Å². The summed E-state index contributed by atoms with van der Waals surface area (Å²) in [6.45, 7) is 9.84. The van der Waals surface area contributed by atoms with E-state index in [1.54, 1.807) is 0 Å². The Morgan fingerprint density at radius 1 is 0.324 bits per heavy atom. The van der Waals surface area contributed by atoms with Crippen molar-refractivity contribution in [2.45, 2.75) is 56.8 Å². The molecule has 0 bridgehead atoms. The van der Waals surface area contributed by atoms with E-state index < -0.39 is 5.41 Å². The average molecular weight is 872 g/mol. The van der Waals surface area contributed by atoms with Gasteiger partial charge < -0.3 is 4.90 Å². The maximum Gasteiger partial charge on any atom is 0.0726 e. The zero-order chi connectivity index (χ0) is 45.8. The molecule has 0 aliphatic heterocycles. The first-order valence-corrected chi connectivity index (χ1v) is 24.4. The van der Waals surface area contributed by atoms with E-state index in [9.17, 15) is 0 Å². The van der Waals surface area contributed by atoms with Gasteiger partial charge in [-0.1, -0.05) is 222 Å². The first-order valence-electron chi connectivity index (χ1n) is 24.4. The van der Waals surface area contributed by atoms with Crippen molar-refractivity contribution in [3.63, 3.8) is 0 Å². The van der Waals surface area contributed by atoms with Crippen LogP contribution >= 0.6 is 0 Å². The second-order valence-electron chi connectivity index (χ2n) is 20.6. The number of hydrogen-bond acceptors (Lipinski definition) is 1. The SMILES string of the molecule is CC1(C)CCC(C)(C)c2c(-c3cc4c(cc3N(c3ccc(-c5ccc(-c6ccccc6)cc5)cc3)c3cccc5ccccc35)C3(c5ccccc5-c5ccccc53)c3ccccc3-4)cccc21. The molecule has 3 aliphatic carbocycles. The van der Waals surface area contributed by atoms with Gasteiger partial charge in [0.15, 0.2) is 0 Å². The standard InChI is InChI=1S/C67H53N/c1-65(2)40-41-66(3,4)64-54(26-17-30-60(64)65)56-42-55-53-25-12-15-29-59(53)67(57-27-13-10-23-51(57)52-24-11-14-28-58(52)67)61(55)43-63(56)68(62-31-16-21-48-20-8-9-22-50(48)62)49-38-36-47(37-39-49)46-34-32-45(33-35-46)44-18-6-5-7-19-44/h5-39,42-43H,40-41H2,1-4H3. The summed E-state index contributed by atoms with van der Waals surface area (Å²) in [4.78, 5) is 2.59. The lowest BCUT2D eigenvalue weighted by molar-refractivity contribution is 0.333. The van der Waals surface area contributed by atoms with E-state index in [4.69, 9.17) is 0 Å².